The number of piperidine rings is 1. The highest BCUT2D eigenvalue weighted by molar-refractivity contribution is 9.13. The Balaban J connectivity index is 2.00. The molecule has 0 spiro atoms. The van der Waals surface area contributed by atoms with Crippen molar-refractivity contribution in [2.45, 2.75) is 25.3 Å². The molecule has 0 aromatic carbocycles. The minimum Gasteiger partial charge on any atom is -0.451 e. The third-order valence-electron chi connectivity index (χ3n) is 2.94. The second kappa shape index (κ2) is 6.33. The zero-order valence-electron chi connectivity index (χ0n) is 9.59. The van der Waals surface area contributed by atoms with Gasteiger partial charge in [-0.25, -0.2) is 10.4 Å². The molecule has 1 saturated heterocycles. The van der Waals surface area contributed by atoms with Gasteiger partial charge in [0.05, 0.1) is 10.5 Å². The Morgan fingerprint density at radius 1 is 1.35 bits per heavy atom. The third kappa shape index (κ3) is 3.54. The van der Waals surface area contributed by atoms with Crippen molar-refractivity contribution in [3.05, 3.63) is 21.0 Å². The van der Waals surface area contributed by atoms with Crippen LogP contribution in [0.25, 0.3) is 0 Å². The van der Waals surface area contributed by atoms with Gasteiger partial charge in [-0.15, -0.1) is 0 Å². The lowest BCUT2D eigenvalue weighted by atomic mass is 10.1. The largest absolute Gasteiger partial charge is 0.451 e. The van der Waals surface area contributed by atoms with Gasteiger partial charge in [-0.1, -0.05) is 6.42 Å². The highest BCUT2D eigenvalue weighted by atomic mass is 79.9. The molecule has 1 aromatic rings. The normalized spacial score (nSPS) is 19.5. The Morgan fingerprint density at radius 2 is 2.06 bits per heavy atom. The second-order valence-electron chi connectivity index (χ2n) is 4.24. The van der Waals surface area contributed by atoms with Crippen LogP contribution in [0.2, 0.25) is 0 Å². The van der Waals surface area contributed by atoms with Crippen molar-refractivity contribution < 1.29 is 4.42 Å². The molecule has 0 bridgehead atoms. The molecule has 4 nitrogen and oxygen atoms in total. The number of furan rings is 1. The van der Waals surface area contributed by atoms with E-state index in [9.17, 15) is 0 Å². The molecule has 1 aromatic heterocycles. The van der Waals surface area contributed by atoms with Crippen LogP contribution in [-0.2, 0) is 0 Å². The van der Waals surface area contributed by atoms with Crippen LogP contribution in [0.4, 0.5) is 0 Å². The molecule has 2 rings (SSSR count). The number of hydrogen-bond donors (Lipinski definition) is 2. The molecule has 1 atom stereocenters. The van der Waals surface area contributed by atoms with Crippen molar-refractivity contribution in [3.8, 4) is 0 Å². The lowest BCUT2D eigenvalue weighted by molar-refractivity contribution is 0.122. The Hall–Kier alpha value is 0.120. The summed E-state index contributed by atoms with van der Waals surface area (Å²) < 4.78 is 7.25. The molecule has 1 aliphatic rings. The summed E-state index contributed by atoms with van der Waals surface area (Å²) in [7, 11) is 0. The molecule has 2 heterocycles. The highest BCUT2D eigenvalue weighted by Crippen LogP contribution is 2.29. The van der Waals surface area contributed by atoms with Crippen LogP contribution >= 0.6 is 31.9 Å². The van der Waals surface area contributed by atoms with Gasteiger partial charge in [0.2, 0.25) is 0 Å². The summed E-state index contributed by atoms with van der Waals surface area (Å²) >= 11 is 6.76. The first-order chi connectivity index (χ1) is 8.20. The first kappa shape index (κ1) is 13.5. The van der Waals surface area contributed by atoms with Gasteiger partial charge < -0.3 is 10.2 Å². The first-order valence-corrected chi connectivity index (χ1v) is 7.45. The maximum absolute atomic E-state index is 5.80. The fraction of sp³-hybridized carbons (Fsp3) is 0.636. The van der Waals surface area contributed by atoms with Crippen molar-refractivity contribution in [1.29, 1.82) is 0 Å². The summed E-state index contributed by atoms with van der Waals surface area (Å²) in [5.41, 5.74) is 9.24. The van der Waals surface area contributed by atoms with Gasteiger partial charge in [0.25, 0.3) is 0 Å². The van der Waals surface area contributed by atoms with E-state index in [4.69, 9.17) is 10.2 Å². The number of nitrogens with one attached hydrogen (secondary N) is 1. The minimum atomic E-state index is 0.0377. The monoisotopic (exact) mass is 365 g/mol. The molecule has 6 heteroatoms. The van der Waals surface area contributed by atoms with Crippen molar-refractivity contribution >= 4 is 31.9 Å². The van der Waals surface area contributed by atoms with Crippen LogP contribution in [0, 0.1) is 0 Å². The van der Waals surface area contributed by atoms with Gasteiger partial charge in [0.15, 0.2) is 4.67 Å². The molecule has 96 valence electrons. The molecule has 0 saturated carbocycles. The number of nitrogens with zero attached hydrogens (tertiary/aromatic N) is 1. The molecule has 0 aliphatic carbocycles. The van der Waals surface area contributed by atoms with Crippen LogP contribution in [0.5, 0.6) is 0 Å². The Labute approximate surface area is 118 Å². The lowest BCUT2D eigenvalue weighted by Crippen LogP contribution is -2.45. The van der Waals surface area contributed by atoms with Crippen LogP contribution in [0.1, 0.15) is 31.1 Å². The number of nitrogens with two attached hydrogens (primary N) is 1. The maximum atomic E-state index is 5.80. The fourth-order valence-corrected chi connectivity index (χ4v) is 2.62. The van der Waals surface area contributed by atoms with E-state index in [0.717, 1.165) is 23.3 Å². The highest BCUT2D eigenvalue weighted by Gasteiger charge is 2.20. The molecule has 17 heavy (non-hydrogen) atoms. The predicted octanol–water partition coefficient (Wildman–Crippen LogP) is 2.79. The van der Waals surface area contributed by atoms with E-state index in [0.29, 0.717) is 11.2 Å². The summed E-state index contributed by atoms with van der Waals surface area (Å²) in [6.45, 7) is 2.68. The van der Waals surface area contributed by atoms with Gasteiger partial charge in [-0.05, 0) is 50.8 Å². The zero-order chi connectivity index (χ0) is 12.3. The number of halogens is 2. The minimum absolute atomic E-state index is 0.0377. The number of hydrazine groups is 1. The van der Waals surface area contributed by atoms with Gasteiger partial charge in [0, 0.05) is 19.6 Å². The summed E-state index contributed by atoms with van der Waals surface area (Å²) in [5.74, 6) is 0.858. The van der Waals surface area contributed by atoms with E-state index < -0.39 is 0 Å². The molecular weight excluding hydrogens is 350 g/mol. The van der Waals surface area contributed by atoms with Crippen LogP contribution in [0.15, 0.2) is 19.6 Å². The van der Waals surface area contributed by atoms with Crippen molar-refractivity contribution in [1.82, 2.24) is 10.4 Å². The average molecular weight is 367 g/mol. The molecule has 1 unspecified atom stereocenters. The van der Waals surface area contributed by atoms with E-state index in [2.05, 4.69) is 42.3 Å². The smallest absolute Gasteiger partial charge is 0.183 e. The third-order valence-corrected chi connectivity index (χ3v) is 4.65. The predicted molar refractivity (Wildman–Crippen MR) is 74.5 cm³/mol. The Bertz CT molecular complexity index is 344. The van der Waals surface area contributed by atoms with Crippen molar-refractivity contribution in [2.24, 2.45) is 5.73 Å². The van der Waals surface area contributed by atoms with Gasteiger partial charge in [0.1, 0.15) is 5.76 Å². The van der Waals surface area contributed by atoms with Gasteiger partial charge in [-0.2, -0.15) is 0 Å². The molecular formula is C11H17Br2N3O. The van der Waals surface area contributed by atoms with Crippen LogP contribution in [-0.4, -0.2) is 24.6 Å². The Kier molecular flexibility index (Phi) is 5.05. The van der Waals surface area contributed by atoms with Crippen molar-refractivity contribution in [2.75, 3.05) is 19.6 Å². The molecule has 1 fully saturated rings. The maximum Gasteiger partial charge on any atom is 0.183 e. The standard InChI is InChI=1S/C11H17Br2N3O/c12-8-6-10(17-11(8)13)9(7-14)15-16-4-2-1-3-5-16/h6,9,15H,1-5,7,14H2. The van der Waals surface area contributed by atoms with E-state index in [-0.39, 0.29) is 6.04 Å². The van der Waals surface area contributed by atoms with Crippen LogP contribution in [0.3, 0.4) is 0 Å². The van der Waals surface area contributed by atoms with Gasteiger partial charge in [-0.3, -0.25) is 0 Å². The topological polar surface area (TPSA) is 54.4 Å². The Morgan fingerprint density at radius 3 is 2.59 bits per heavy atom. The van der Waals surface area contributed by atoms with Crippen LogP contribution < -0.4 is 11.2 Å². The summed E-state index contributed by atoms with van der Waals surface area (Å²) in [4.78, 5) is 0. The molecule has 1 aliphatic heterocycles. The summed E-state index contributed by atoms with van der Waals surface area (Å²) in [6, 6.07) is 1.99. The average Bonchev–Trinajstić information content (AvgIpc) is 2.68. The number of hydrogen-bond acceptors (Lipinski definition) is 4. The summed E-state index contributed by atoms with van der Waals surface area (Å²) in [5, 5.41) is 2.24. The molecule has 0 radical (unpaired) electrons. The zero-order valence-corrected chi connectivity index (χ0v) is 12.8. The quantitative estimate of drug-likeness (QED) is 0.860. The summed E-state index contributed by atoms with van der Waals surface area (Å²) in [6.07, 6.45) is 3.81. The molecule has 0 amide bonds. The SMILES string of the molecule is NCC(NN1CCCCC1)c1cc(Br)c(Br)o1. The van der Waals surface area contributed by atoms with E-state index in [1.165, 1.54) is 19.3 Å². The fourth-order valence-electron chi connectivity index (χ4n) is 2.01. The van der Waals surface area contributed by atoms with E-state index in [1.807, 2.05) is 6.07 Å². The van der Waals surface area contributed by atoms with E-state index in [1.54, 1.807) is 0 Å². The van der Waals surface area contributed by atoms with E-state index >= 15 is 0 Å². The second-order valence-corrected chi connectivity index (χ2v) is 5.81. The van der Waals surface area contributed by atoms with Crippen molar-refractivity contribution in [3.63, 3.8) is 0 Å². The van der Waals surface area contributed by atoms with Gasteiger partial charge >= 0.3 is 0 Å². The number of rotatable bonds is 4. The lowest BCUT2D eigenvalue weighted by Gasteiger charge is -2.30. The molecule has 3 N–H and O–H groups in total. The first-order valence-electron chi connectivity index (χ1n) is 5.86.